The average molecular weight is 497 g/mol. The third-order valence-corrected chi connectivity index (χ3v) is 8.49. The van der Waals surface area contributed by atoms with Gasteiger partial charge in [0.1, 0.15) is 5.69 Å². The van der Waals surface area contributed by atoms with Gasteiger partial charge in [0, 0.05) is 32.7 Å². The van der Waals surface area contributed by atoms with E-state index < -0.39 is 15.6 Å². The van der Waals surface area contributed by atoms with E-state index in [2.05, 4.69) is 13.8 Å². The maximum Gasteiger partial charge on any atom is 0.296 e. The van der Waals surface area contributed by atoms with E-state index in [9.17, 15) is 18.0 Å². The van der Waals surface area contributed by atoms with Crippen LogP contribution in [0.5, 0.6) is 0 Å². The molecular weight excluding hydrogens is 464 g/mol. The van der Waals surface area contributed by atoms with Gasteiger partial charge in [0.2, 0.25) is 0 Å². The van der Waals surface area contributed by atoms with Gasteiger partial charge in [-0.05, 0) is 55.5 Å². The summed E-state index contributed by atoms with van der Waals surface area (Å²) in [6.07, 6.45) is 1.07. The van der Waals surface area contributed by atoms with Crippen molar-refractivity contribution in [2.45, 2.75) is 32.1 Å². The van der Waals surface area contributed by atoms with Crippen LogP contribution < -0.4 is 9.86 Å². The molecule has 0 radical (unpaired) electrons. The van der Waals surface area contributed by atoms with Crippen LogP contribution in [0.1, 0.15) is 36.3 Å². The number of hydrogen-bond donors (Lipinski definition) is 0. The van der Waals surface area contributed by atoms with Gasteiger partial charge in [0.05, 0.1) is 16.3 Å². The van der Waals surface area contributed by atoms with Gasteiger partial charge in [-0.2, -0.15) is 0 Å². The molecule has 1 aromatic heterocycles. The van der Waals surface area contributed by atoms with E-state index in [4.69, 9.17) is 0 Å². The number of sulfonamides is 1. The van der Waals surface area contributed by atoms with Gasteiger partial charge in [-0.3, -0.25) is 18.6 Å². The second-order valence-electron chi connectivity index (χ2n) is 9.57. The normalized spacial score (nSPS) is 18.5. The Morgan fingerprint density at radius 1 is 1.00 bits per heavy atom. The van der Waals surface area contributed by atoms with E-state index in [1.807, 2.05) is 18.2 Å². The van der Waals surface area contributed by atoms with Crippen LogP contribution in [0, 0.1) is 18.8 Å². The van der Waals surface area contributed by atoms with E-state index >= 15 is 0 Å². The number of piperidine rings is 1. The summed E-state index contributed by atoms with van der Waals surface area (Å²) in [7, 11) is -1.01. The van der Waals surface area contributed by atoms with Crippen LogP contribution in [0.25, 0.3) is 5.69 Å². The van der Waals surface area contributed by atoms with E-state index in [0.29, 0.717) is 41.9 Å². The molecule has 2 aromatic carbocycles. The van der Waals surface area contributed by atoms with Crippen LogP contribution in [-0.2, 0) is 17.1 Å². The van der Waals surface area contributed by atoms with Crippen molar-refractivity contribution in [2.75, 3.05) is 24.4 Å². The zero-order valence-electron chi connectivity index (χ0n) is 20.8. The standard InChI is InChI=1S/C26H32N4O4S/c1-18-14-19(2)17-29(16-18)25(31)21-10-9-13-23(15-21)35(33,34)28(5)24-20(3)27(4)30(26(24)32)22-11-7-6-8-12-22/h6-13,15,18-19H,14,16-17H2,1-5H3. The Morgan fingerprint density at radius 2 is 1.63 bits per heavy atom. The Labute approximate surface area is 206 Å². The molecule has 0 saturated carbocycles. The molecule has 1 fully saturated rings. The Morgan fingerprint density at radius 3 is 2.26 bits per heavy atom. The Balaban J connectivity index is 1.70. The number of benzene rings is 2. The highest BCUT2D eigenvalue weighted by molar-refractivity contribution is 7.92. The van der Waals surface area contributed by atoms with Crippen molar-refractivity contribution in [3.8, 4) is 5.69 Å². The first-order valence-electron chi connectivity index (χ1n) is 11.7. The Hall–Kier alpha value is -3.33. The van der Waals surface area contributed by atoms with E-state index in [-0.39, 0.29) is 16.5 Å². The van der Waals surface area contributed by atoms with Crippen molar-refractivity contribution in [3.63, 3.8) is 0 Å². The summed E-state index contributed by atoms with van der Waals surface area (Å²) in [6, 6.07) is 15.1. The number of carbonyl (C=O) groups is 1. The molecule has 186 valence electrons. The number of likely N-dealkylation sites (tertiary alicyclic amines) is 1. The summed E-state index contributed by atoms with van der Waals surface area (Å²) in [5, 5.41) is 0. The number of para-hydroxylation sites is 1. The third kappa shape index (κ3) is 4.52. The summed E-state index contributed by atoms with van der Waals surface area (Å²) >= 11 is 0. The van der Waals surface area contributed by atoms with Crippen molar-refractivity contribution in [1.29, 1.82) is 0 Å². The van der Waals surface area contributed by atoms with Crippen molar-refractivity contribution < 1.29 is 13.2 Å². The highest BCUT2D eigenvalue weighted by Gasteiger charge is 2.30. The molecule has 8 nitrogen and oxygen atoms in total. The molecule has 35 heavy (non-hydrogen) atoms. The molecule has 1 aliphatic rings. The van der Waals surface area contributed by atoms with Crippen molar-refractivity contribution in [1.82, 2.24) is 14.3 Å². The molecule has 2 unspecified atom stereocenters. The lowest BCUT2D eigenvalue weighted by Crippen LogP contribution is -2.42. The highest BCUT2D eigenvalue weighted by Crippen LogP contribution is 2.26. The van der Waals surface area contributed by atoms with Crippen molar-refractivity contribution in [2.24, 2.45) is 18.9 Å². The average Bonchev–Trinajstić information content (AvgIpc) is 3.05. The van der Waals surface area contributed by atoms with E-state index in [0.717, 1.165) is 10.7 Å². The summed E-state index contributed by atoms with van der Waals surface area (Å²) in [4.78, 5) is 28.3. The molecule has 0 N–H and O–H groups in total. The summed E-state index contributed by atoms with van der Waals surface area (Å²) in [5.74, 6) is 0.618. The minimum absolute atomic E-state index is 0.0297. The van der Waals surface area contributed by atoms with Gasteiger partial charge < -0.3 is 4.90 Å². The molecule has 0 spiro atoms. The lowest BCUT2D eigenvalue weighted by atomic mass is 9.91. The van der Waals surface area contributed by atoms with Crippen LogP contribution in [0.2, 0.25) is 0 Å². The molecule has 3 aromatic rings. The third-order valence-electron chi connectivity index (χ3n) is 6.73. The van der Waals surface area contributed by atoms with Crippen LogP contribution in [0.4, 0.5) is 5.69 Å². The lowest BCUT2D eigenvalue weighted by molar-refractivity contribution is 0.0623. The number of carbonyl (C=O) groups excluding carboxylic acids is 1. The number of rotatable bonds is 5. The first-order chi connectivity index (χ1) is 16.5. The van der Waals surface area contributed by atoms with E-state index in [1.165, 1.54) is 23.9 Å². The monoisotopic (exact) mass is 496 g/mol. The second-order valence-corrected chi connectivity index (χ2v) is 11.5. The topological polar surface area (TPSA) is 84.6 Å². The molecule has 1 saturated heterocycles. The number of amides is 1. The minimum Gasteiger partial charge on any atom is -0.338 e. The minimum atomic E-state index is -4.10. The first-order valence-corrected chi connectivity index (χ1v) is 13.2. The predicted molar refractivity (Wildman–Crippen MR) is 137 cm³/mol. The fourth-order valence-electron chi connectivity index (χ4n) is 5.00. The number of hydrogen-bond acceptors (Lipinski definition) is 4. The Kier molecular flexibility index (Phi) is 6.64. The summed E-state index contributed by atoms with van der Waals surface area (Å²) < 4.78 is 31.3. The summed E-state index contributed by atoms with van der Waals surface area (Å²) in [5.41, 5.74) is 1.09. The van der Waals surface area contributed by atoms with E-state index in [1.54, 1.807) is 47.8 Å². The van der Waals surface area contributed by atoms with Gasteiger partial charge in [-0.15, -0.1) is 0 Å². The largest absolute Gasteiger partial charge is 0.338 e. The zero-order chi connectivity index (χ0) is 25.5. The fraction of sp³-hybridized carbons (Fsp3) is 0.385. The van der Waals surface area contributed by atoms with Gasteiger partial charge >= 0.3 is 0 Å². The molecule has 2 atom stereocenters. The zero-order valence-corrected chi connectivity index (χ0v) is 21.6. The fourth-order valence-corrected chi connectivity index (χ4v) is 6.29. The van der Waals surface area contributed by atoms with Gasteiger partial charge in [0.15, 0.2) is 0 Å². The molecule has 4 rings (SSSR count). The number of nitrogens with zero attached hydrogens (tertiary/aromatic N) is 4. The van der Waals surface area contributed by atoms with Crippen LogP contribution in [-0.4, -0.2) is 48.7 Å². The second kappa shape index (κ2) is 9.37. The predicted octanol–water partition coefficient (Wildman–Crippen LogP) is 3.43. The van der Waals surface area contributed by atoms with Crippen LogP contribution in [0.3, 0.4) is 0 Å². The SMILES string of the molecule is Cc1c(N(C)S(=O)(=O)c2cccc(C(=O)N3CC(C)CC(C)C3)c2)c(=O)n(-c2ccccc2)n1C. The number of anilines is 1. The molecule has 1 amide bonds. The quantitative estimate of drug-likeness (QED) is 0.542. The molecule has 1 aliphatic heterocycles. The molecule has 0 bridgehead atoms. The van der Waals surface area contributed by atoms with Crippen LogP contribution >= 0.6 is 0 Å². The molecule has 9 heteroatoms. The maximum atomic E-state index is 13.6. The first kappa shape index (κ1) is 24.8. The highest BCUT2D eigenvalue weighted by atomic mass is 32.2. The van der Waals surface area contributed by atoms with Crippen molar-refractivity contribution in [3.05, 3.63) is 76.2 Å². The van der Waals surface area contributed by atoms with Crippen molar-refractivity contribution >= 4 is 21.6 Å². The molecule has 0 aliphatic carbocycles. The molecule has 2 heterocycles. The maximum absolute atomic E-state index is 13.6. The Bertz CT molecular complexity index is 1400. The van der Waals surface area contributed by atoms with Gasteiger partial charge in [-0.25, -0.2) is 13.1 Å². The van der Waals surface area contributed by atoms with Crippen LogP contribution in [0.15, 0.2) is 64.3 Å². The lowest BCUT2D eigenvalue weighted by Gasteiger charge is -2.35. The van der Waals surface area contributed by atoms with Gasteiger partial charge in [-0.1, -0.05) is 38.1 Å². The molecular formula is C26H32N4O4S. The number of aromatic nitrogens is 2. The van der Waals surface area contributed by atoms with Gasteiger partial charge in [0.25, 0.3) is 21.5 Å². The smallest absolute Gasteiger partial charge is 0.296 e. The summed E-state index contributed by atoms with van der Waals surface area (Å²) in [6.45, 7) is 7.26.